The maximum Gasteiger partial charge on any atom is 0.471 e. The Bertz CT molecular complexity index is 411. The maximum atomic E-state index is 12.8. The summed E-state index contributed by atoms with van der Waals surface area (Å²) in [6.45, 7) is -0.669. The van der Waals surface area contributed by atoms with Crippen LogP contribution in [-0.4, -0.2) is 53.6 Å². The SMILES string of the molecule is O=C(CCl)N1CC(NC(=O)C(F)(F)F)CCC1C(F)(F)F. The van der Waals surface area contributed by atoms with E-state index in [2.05, 4.69) is 0 Å². The number of alkyl halides is 7. The molecule has 1 fully saturated rings. The third kappa shape index (κ3) is 4.65. The molecule has 1 rings (SSSR count). The molecular formula is C10H11ClF6N2O2. The Kier molecular flexibility index (Phi) is 5.35. The highest BCUT2D eigenvalue weighted by Gasteiger charge is 2.49. The predicted molar refractivity (Wildman–Crippen MR) is 59.5 cm³/mol. The third-order valence-corrected chi connectivity index (χ3v) is 3.22. The molecule has 0 bridgehead atoms. The van der Waals surface area contributed by atoms with Crippen LogP contribution in [0.15, 0.2) is 0 Å². The van der Waals surface area contributed by atoms with E-state index in [4.69, 9.17) is 11.6 Å². The lowest BCUT2D eigenvalue weighted by Gasteiger charge is -2.40. The molecule has 0 aliphatic carbocycles. The van der Waals surface area contributed by atoms with Crippen LogP contribution in [0.2, 0.25) is 0 Å². The summed E-state index contributed by atoms with van der Waals surface area (Å²) in [6, 6.07) is -3.31. The van der Waals surface area contributed by atoms with Gasteiger partial charge in [0.1, 0.15) is 11.9 Å². The van der Waals surface area contributed by atoms with Crippen LogP contribution in [0, 0.1) is 0 Å². The van der Waals surface area contributed by atoms with Gasteiger partial charge in [0.25, 0.3) is 0 Å². The van der Waals surface area contributed by atoms with Crippen molar-refractivity contribution in [2.75, 3.05) is 12.4 Å². The lowest BCUT2D eigenvalue weighted by molar-refractivity contribution is -0.197. The topological polar surface area (TPSA) is 49.4 Å². The fraction of sp³-hybridized carbons (Fsp3) is 0.800. The normalized spacial score (nSPS) is 23.9. The summed E-state index contributed by atoms with van der Waals surface area (Å²) in [5, 5.41) is 1.57. The Morgan fingerprint density at radius 3 is 2.14 bits per heavy atom. The predicted octanol–water partition coefficient (Wildman–Crippen LogP) is 1.83. The average Bonchev–Trinajstić information content (AvgIpc) is 2.35. The molecule has 122 valence electrons. The summed E-state index contributed by atoms with van der Waals surface area (Å²) >= 11 is 5.20. The van der Waals surface area contributed by atoms with Crippen LogP contribution in [-0.2, 0) is 9.59 Å². The van der Waals surface area contributed by atoms with Crippen LogP contribution in [0.25, 0.3) is 0 Å². The van der Waals surface area contributed by atoms with Crippen molar-refractivity contribution in [1.82, 2.24) is 10.2 Å². The first kappa shape index (κ1) is 17.9. The first-order valence-corrected chi connectivity index (χ1v) is 6.30. The van der Waals surface area contributed by atoms with Crippen LogP contribution in [0.5, 0.6) is 0 Å². The Balaban J connectivity index is 2.80. The van der Waals surface area contributed by atoms with Crippen molar-refractivity contribution < 1.29 is 35.9 Å². The number of carbonyl (C=O) groups is 2. The number of nitrogens with zero attached hydrogens (tertiary/aromatic N) is 1. The quantitative estimate of drug-likeness (QED) is 0.616. The second-order valence-electron chi connectivity index (χ2n) is 4.48. The molecule has 1 aliphatic rings. The Labute approximate surface area is 120 Å². The van der Waals surface area contributed by atoms with Gasteiger partial charge in [-0.25, -0.2) is 0 Å². The summed E-state index contributed by atoms with van der Waals surface area (Å²) in [4.78, 5) is 22.5. The van der Waals surface area contributed by atoms with Gasteiger partial charge in [-0.3, -0.25) is 9.59 Å². The second kappa shape index (κ2) is 6.29. The van der Waals surface area contributed by atoms with Gasteiger partial charge in [0.2, 0.25) is 5.91 Å². The molecule has 21 heavy (non-hydrogen) atoms. The zero-order valence-corrected chi connectivity index (χ0v) is 11.1. The molecule has 1 heterocycles. The largest absolute Gasteiger partial charge is 0.471 e. The molecule has 0 aromatic heterocycles. The number of hydrogen-bond donors (Lipinski definition) is 1. The van der Waals surface area contributed by atoms with Crippen LogP contribution in [0.1, 0.15) is 12.8 Å². The second-order valence-corrected chi connectivity index (χ2v) is 4.75. The summed E-state index contributed by atoms with van der Waals surface area (Å²) in [5.74, 6) is -4.03. The van der Waals surface area contributed by atoms with E-state index in [0.717, 1.165) is 0 Å². The number of halogens is 7. The highest BCUT2D eigenvalue weighted by molar-refractivity contribution is 6.27. The lowest BCUT2D eigenvalue weighted by Crippen LogP contribution is -2.59. The van der Waals surface area contributed by atoms with Gasteiger partial charge < -0.3 is 10.2 Å². The van der Waals surface area contributed by atoms with Crippen molar-refractivity contribution in [2.45, 2.75) is 37.3 Å². The van der Waals surface area contributed by atoms with Crippen LogP contribution in [0.3, 0.4) is 0 Å². The van der Waals surface area contributed by atoms with Crippen molar-refractivity contribution in [3.8, 4) is 0 Å². The van der Waals surface area contributed by atoms with E-state index in [1.54, 1.807) is 5.32 Å². The Morgan fingerprint density at radius 1 is 1.14 bits per heavy atom. The van der Waals surface area contributed by atoms with Crippen LogP contribution < -0.4 is 5.32 Å². The Morgan fingerprint density at radius 2 is 1.71 bits per heavy atom. The molecule has 2 amide bonds. The van der Waals surface area contributed by atoms with Crippen LogP contribution >= 0.6 is 11.6 Å². The number of likely N-dealkylation sites (tertiary alicyclic amines) is 1. The molecule has 1 aliphatic heterocycles. The number of amides is 2. The fourth-order valence-electron chi connectivity index (χ4n) is 2.05. The molecule has 2 atom stereocenters. The molecule has 0 saturated carbocycles. The fourth-order valence-corrected chi connectivity index (χ4v) is 2.20. The Hall–Kier alpha value is -1.19. The molecular weight excluding hydrogens is 330 g/mol. The smallest absolute Gasteiger partial charge is 0.344 e. The zero-order valence-electron chi connectivity index (χ0n) is 10.4. The van der Waals surface area contributed by atoms with E-state index in [1.165, 1.54) is 0 Å². The molecule has 1 saturated heterocycles. The van der Waals surface area contributed by atoms with Gasteiger partial charge in [-0.15, -0.1) is 11.6 Å². The van der Waals surface area contributed by atoms with Gasteiger partial charge in [0.05, 0.1) is 0 Å². The summed E-state index contributed by atoms with van der Waals surface area (Å²) in [6.07, 6.45) is -10.8. The minimum atomic E-state index is -5.14. The van der Waals surface area contributed by atoms with Crippen molar-refractivity contribution in [1.29, 1.82) is 0 Å². The summed E-state index contributed by atoms with van der Waals surface area (Å²) < 4.78 is 74.6. The average molecular weight is 341 g/mol. The molecule has 0 aromatic carbocycles. The lowest BCUT2D eigenvalue weighted by atomic mass is 9.97. The van der Waals surface area contributed by atoms with Gasteiger partial charge >= 0.3 is 18.3 Å². The number of carbonyl (C=O) groups excluding carboxylic acids is 2. The van der Waals surface area contributed by atoms with Crippen molar-refractivity contribution >= 4 is 23.4 Å². The summed E-state index contributed by atoms with van der Waals surface area (Å²) in [5.41, 5.74) is 0. The monoisotopic (exact) mass is 340 g/mol. The van der Waals surface area contributed by atoms with Gasteiger partial charge in [0, 0.05) is 12.6 Å². The highest BCUT2D eigenvalue weighted by Crippen LogP contribution is 2.32. The van der Waals surface area contributed by atoms with Crippen LogP contribution in [0.4, 0.5) is 26.3 Å². The van der Waals surface area contributed by atoms with Gasteiger partial charge in [-0.1, -0.05) is 0 Å². The van der Waals surface area contributed by atoms with E-state index in [-0.39, 0.29) is 6.42 Å². The zero-order chi connectivity index (χ0) is 16.4. The van der Waals surface area contributed by atoms with Crippen molar-refractivity contribution in [3.05, 3.63) is 0 Å². The minimum Gasteiger partial charge on any atom is -0.344 e. The van der Waals surface area contributed by atoms with E-state index in [0.29, 0.717) is 4.90 Å². The van der Waals surface area contributed by atoms with E-state index in [9.17, 15) is 35.9 Å². The van der Waals surface area contributed by atoms with E-state index < -0.39 is 55.1 Å². The molecule has 0 aromatic rings. The maximum absolute atomic E-state index is 12.8. The van der Waals surface area contributed by atoms with Gasteiger partial charge in [-0.2, -0.15) is 26.3 Å². The molecule has 2 unspecified atom stereocenters. The molecule has 4 nitrogen and oxygen atoms in total. The van der Waals surface area contributed by atoms with E-state index in [1.807, 2.05) is 0 Å². The number of nitrogens with one attached hydrogen (secondary N) is 1. The first-order valence-electron chi connectivity index (χ1n) is 5.76. The minimum absolute atomic E-state index is 0.321. The first-order chi connectivity index (χ1) is 9.46. The van der Waals surface area contributed by atoms with Gasteiger partial charge in [0.15, 0.2) is 0 Å². The number of rotatable bonds is 2. The molecule has 0 spiro atoms. The molecule has 11 heteroatoms. The van der Waals surface area contributed by atoms with Gasteiger partial charge in [-0.05, 0) is 12.8 Å². The summed E-state index contributed by atoms with van der Waals surface area (Å²) in [7, 11) is 0. The van der Waals surface area contributed by atoms with Crippen molar-refractivity contribution in [2.24, 2.45) is 0 Å². The number of hydrogen-bond acceptors (Lipinski definition) is 2. The number of piperidine rings is 1. The molecule has 0 radical (unpaired) electrons. The third-order valence-electron chi connectivity index (χ3n) is 2.99. The molecule has 1 N–H and O–H groups in total. The standard InChI is InChI=1S/C10H11ClF6N2O2/c11-3-7(20)19-4-5(18-8(21)10(15,16)17)1-2-6(19)9(12,13)14/h5-6H,1-4H2,(H,18,21). The van der Waals surface area contributed by atoms with Crippen molar-refractivity contribution in [3.63, 3.8) is 0 Å². The highest BCUT2D eigenvalue weighted by atomic mass is 35.5. The van der Waals surface area contributed by atoms with E-state index >= 15 is 0 Å².